The molecule has 1 aliphatic heterocycles. The standard InChI is InChI=1S/C14H17F2NO2/c1-9-5-11(19-2)3-4-17(9)14-12(15)6-10(8-18)7-13(14)16/h6-9,11H,3-5H2,1-2H3. The summed E-state index contributed by atoms with van der Waals surface area (Å²) in [7, 11) is 1.65. The molecule has 1 fully saturated rings. The molecular weight excluding hydrogens is 252 g/mol. The van der Waals surface area contributed by atoms with E-state index < -0.39 is 11.6 Å². The SMILES string of the molecule is COC1CCN(c2c(F)cc(C=O)cc2F)C(C)C1. The molecule has 0 bridgehead atoms. The summed E-state index contributed by atoms with van der Waals surface area (Å²) >= 11 is 0. The van der Waals surface area contributed by atoms with Crippen molar-refractivity contribution in [2.45, 2.75) is 31.9 Å². The molecule has 2 unspecified atom stereocenters. The van der Waals surface area contributed by atoms with Crippen molar-refractivity contribution in [3.63, 3.8) is 0 Å². The minimum atomic E-state index is -0.690. The van der Waals surface area contributed by atoms with Crippen LogP contribution in [0.3, 0.4) is 0 Å². The van der Waals surface area contributed by atoms with Crippen LogP contribution in [0.15, 0.2) is 12.1 Å². The van der Waals surface area contributed by atoms with E-state index in [2.05, 4.69) is 0 Å². The van der Waals surface area contributed by atoms with Crippen LogP contribution in [0.1, 0.15) is 30.1 Å². The molecule has 0 aliphatic carbocycles. The van der Waals surface area contributed by atoms with Crippen molar-refractivity contribution in [2.75, 3.05) is 18.6 Å². The van der Waals surface area contributed by atoms with E-state index in [9.17, 15) is 13.6 Å². The van der Waals surface area contributed by atoms with Crippen LogP contribution in [0.2, 0.25) is 0 Å². The number of nitrogens with zero attached hydrogens (tertiary/aromatic N) is 1. The number of carbonyl (C=O) groups excluding carboxylic acids is 1. The number of anilines is 1. The van der Waals surface area contributed by atoms with Crippen LogP contribution < -0.4 is 4.90 Å². The van der Waals surface area contributed by atoms with E-state index in [-0.39, 0.29) is 23.4 Å². The first-order valence-electron chi connectivity index (χ1n) is 6.30. The molecule has 1 saturated heterocycles. The summed E-state index contributed by atoms with van der Waals surface area (Å²) < 4.78 is 33.2. The molecule has 0 N–H and O–H groups in total. The molecule has 2 rings (SSSR count). The Morgan fingerprint density at radius 3 is 2.47 bits per heavy atom. The average molecular weight is 269 g/mol. The zero-order valence-corrected chi connectivity index (χ0v) is 11.0. The van der Waals surface area contributed by atoms with Gasteiger partial charge in [-0.3, -0.25) is 4.79 Å². The van der Waals surface area contributed by atoms with Gasteiger partial charge in [0.15, 0.2) is 0 Å². The van der Waals surface area contributed by atoms with Gasteiger partial charge in [-0.15, -0.1) is 0 Å². The quantitative estimate of drug-likeness (QED) is 0.790. The van der Waals surface area contributed by atoms with Crippen molar-refractivity contribution in [1.29, 1.82) is 0 Å². The van der Waals surface area contributed by atoms with Crippen LogP contribution in [0, 0.1) is 11.6 Å². The maximum atomic E-state index is 14.0. The molecular formula is C14H17F2NO2. The molecule has 1 aromatic carbocycles. The van der Waals surface area contributed by atoms with E-state index in [1.807, 2.05) is 6.92 Å². The van der Waals surface area contributed by atoms with E-state index in [4.69, 9.17) is 4.74 Å². The highest BCUT2D eigenvalue weighted by molar-refractivity contribution is 5.76. The van der Waals surface area contributed by atoms with E-state index in [1.165, 1.54) is 0 Å². The third-order valence-corrected chi connectivity index (χ3v) is 3.62. The average Bonchev–Trinajstić information content (AvgIpc) is 2.39. The number of piperidine rings is 1. The molecule has 0 amide bonds. The van der Waals surface area contributed by atoms with Crippen molar-refractivity contribution < 1.29 is 18.3 Å². The molecule has 2 atom stereocenters. The maximum absolute atomic E-state index is 14.0. The molecule has 0 radical (unpaired) electrons. The first-order chi connectivity index (χ1) is 9.06. The lowest BCUT2D eigenvalue weighted by Gasteiger charge is -2.39. The van der Waals surface area contributed by atoms with E-state index in [0.29, 0.717) is 12.8 Å². The largest absolute Gasteiger partial charge is 0.381 e. The number of ether oxygens (including phenoxy) is 1. The van der Waals surface area contributed by atoms with Crippen LogP contribution in [0.25, 0.3) is 0 Å². The highest BCUT2D eigenvalue weighted by Crippen LogP contribution is 2.31. The van der Waals surface area contributed by atoms with Gasteiger partial charge in [0, 0.05) is 25.3 Å². The topological polar surface area (TPSA) is 29.5 Å². The normalized spacial score (nSPS) is 23.5. The summed E-state index contributed by atoms with van der Waals surface area (Å²) in [6.07, 6.45) is 2.03. The molecule has 1 heterocycles. The van der Waals surface area contributed by atoms with Gasteiger partial charge >= 0.3 is 0 Å². The zero-order chi connectivity index (χ0) is 14.0. The molecule has 3 nitrogen and oxygen atoms in total. The number of halogens is 2. The summed E-state index contributed by atoms with van der Waals surface area (Å²) in [4.78, 5) is 12.3. The van der Waals surface area contributed by atoms with Crippen molar-refractivity contribution in [3.8, 4) is 0 Å². The van der Waals surface area contributed by atoms with E-state index in [1.54, 1.807) is 12.0 Å². The molecule has 0 spiro atoms. The summed E-state index contributed by atoms with van der Waals surface area (Å²) in [6.45, 7) is 2.45. The molecule has 0 saturated carbocycles. The van der Waals surface area contributed by atoms with Gasteiger partial charge < -0.3 is 9.64 Å². The van der Waals surface area contributed by atoms with Gasteiger partial charge in [0.1, 0.15) is 23.6 Å². The Labute approximate surface area is 111 Å². The third kappa shape index (κ3) is 2.76. The number of hydrogen-bond donors (Lipinski definition) is 0. The Hall–Kier alpha value is -1.49. The molecule has 0 aromatic heterocycles. The van der Waals surface area contributed by atoms with E-state index >= 15 is 0 Å². The number of carbonyl (C=O) groups is 1. The van der Waals surface area contributed by atoms with Crippen molar-refractivity contribution in [1.82, 2.24) is 0 Å². The number of hydrogen-bond acceptors (Lipinski definition) is 3. The Kier molecular flexibility index (Phi) is 4.14. The number of methoxy groups -OCH3 is 1. The van der Waals surface area contributed by atoms with E-state index in [0.717, 1.165) is 25.0 Å². The number of benzene rings is 1. The highest BCUT2D eigenvalue weighted by atomic mass is 19.1. The van der Waals surface area contributed by atoms with Crippen LogP contribution >= 0.6 is 0 Å². The first-order valence-corrected chi connectivity index (χ1v) is 6.30. The second-order valence-electron chi connectivity index (χ2n) is 4.88. The minimum Gasteiger partial charge on any atom is -0.381 e. The van der Waals surface area contributed by atoms with Gasteiger partial charge in [-0.1, -0.05) is 0 Å². The monoisotopic (exact) mass is 269 g/mol. The summed E-state index contributed by atoms with van der Waals surface area (Å²) in [5.41, 5.74) is -0.0363. The van der Waals surface area contributed by atoms with Crippen LogP contribution in [0.5, 0.6) is 0 Å². The summed E-state index contributed by atoms with van der Waals surface area (Å²) in [6, 6.07) is 2.13. The molecule has 1 aliphatic rings. The summed E-state index contributed by atoms with van der Waals surface area (Å²) in [5.74, 6) is -1.38. The van der Waals surface area contributed by atoms with Gasteiger partial charge in [0.25, 0.3) is 0 Å². The highest BCUT2D eigenvalue weighted by Gasteiger charge is 2.29. The number of aldehydes is 1. The Balaban J connectivity index is 2.29. The third-order valence-electron chi connectivity index (χ3n) is 3.62. The lowest BCUT2D eigenvalue weighted by atomic mass is 9.99. The van der Waals surface area contributed by atoms with Crippen LogP contribution in [-0.2, 0) is 4.74 Å². The second-order valence-corrected chi connectivity index (χ2v) is 4.88. The fraction of sp³-hybridized carbons (Fsp3) is 0.500. The fourth-order valence-corrected chi connectivity index (χ4v) is 2.60. The van der Waals surface area contributed by atoms with Gasteiger partial charge in [-0.05, 0) is 31.9 Å². The van der Waals surface area contributed by atoms with Crippen LogP contribution in [0.4, 0.5) is 14.5 Å². The Morgan fingerprint density at radius 2 is 2.00 bits per heavy atom. The lowest BCUT2D eigenvalue weighted by Crippen LogP contribution is -2.44. The lowest BCUT2D eigenvalue weighted by molar-refractivity contribution is 0.0718. The predicted octanol–water partition coefficient (Wildman–Crippen LogP) is 2.78. The molecule has 104 valence electrons. The van der Waals surface area contributed by atoms with Gasteiger partial charge in [-0.2, -0.15) is 0 Å². The zero-order valence-electron chi connectivity index (χ0n) is 11.0. The number of rotatable bonds is 3. The predicted molar refractivity (Wildman–Crippen MR) is 68.6 cm³/mol. The fourth-order valence-electron chi connectivity index (χ4n) is 2.60. The molecule has 5 heteroatoms. The summed E-state index contributed by atoms with van der Waals surface area (Å²) in [5, 5.41) is 0. The van der Waals surface area contributed by atoms with Crippen molar-refractivity contribution in [2.24, 2.45) is 0 Å². The van der Waals surface area contributed by atoms with Gasteiger partial charge in [0.05, 0.1) is 6.10 Å². The maximum Gasteiger partial charge on any atom is 0.150 e. The minimum absolute atomic E-state index is 0.00946. The second kappa shape index (κ2) is 5.65. The smallest absolute Gasteiger partial charge is 0.150 e. The van der Waals surface area contributed by atoms with Gasteiger partial charge in [-0.25, -0.2) is 8.78 Å². The Morgan fingerprint density at radius 1 is 1.37 bits per heavy atom. The van der Waals surface area contributed by atoms with Crippen LogP contribution in [-0.4, -0.2) is 32.1 Å². The molecule has 1 aromatic rings. The van der Waals surface area contributed by atoms with Crippen molar-refractivity contribution >= 4 is 12.0 Å². The first kappa shape index (κ1) is 13.9. The molecule has 19 heavy (non-hydrogen) atoms. The Bertz CT molecular complexity index is 456. The van der Waals surface area contributed by atoms with Crippen molar-refractivity contribution in [3.05, 3.63) is 29.3 Å². The van der Waals surface area contributed by atoms with Gasteiger partial charge in [0.2, 0.25) is 0 Å².